The number of carbonyl (C=O) groups excluding carboxylic acids is 1. The van der Waals surface area contributed by atoms with E-state index >= 15 is 0 Å². The van der Waals surface area contributed by atoms with Crippen molar-refractivity contribution < 1.29 is 18.0 Å². The van der Waals surface area contributed by atoms with Crippen molar-refractivity contribution in [1.82, 2.24) is 15.3 Å². The van der Waals surface area contributed by atoms with Crippen LogP contribution >= 0.6 is 0 Å². The van der Waals surface area contributed by atoms with Gasteiger partial charge in [-0.1, -0.05) is 6.07 Å². The average Bonchev–Trinajstić information content (AvgIpc) is 2.60. The van der Waals surface area contributed by atoms with Crippen molar-refractivity contribution >= 4 is 11.9 Å². The first-order chi connectivity index (χ1) is 12.6. The minimum absolute atomic E-state index is 0.0403. The van der Waals surface area contributed by atoms with Gasteiger partial charge >= 0.3 is 6.18 Å². The molecule has 1 aromatic heterocycles. The number of H-pyrrole nitrogens is 1. The van der Waals surface area contributed by atoms with Gasteiger partial charge in [-0.15, -0.1) is 0 Å². The lowest BCUT2D eigenvalue weighted by Crippen LogP contribution is -2.33. The molecule has 0 aliphatic heterocycles. The molecule has 0 saturated heterocycles. The third-order valence-corrected chi connectivity index (χ3v) is 4.48. The minimum atomic E-state index is -4.40. The number of nitrogens with one attached hydrogen (secondary N) is 2. The number of aryl methyl sites for hydroxylation is 1. The number of aromatic nitrogens is 2. The molecule has 1 atom stereocenters. The molecule has 0 unspecified atom stereocenters. The number of fused-ring (bicyclic) bond motifs is 1. The van der Waals surface area contributed by atoms with Gasteiger partial charge in [0.15, 0.2) is 0 Å². The molecule has 27 heavy (non-hydrogen) atoms. The number of anilines is 1. The molecule has 6 nitrogen and oxygen atoms in total. The molecular formula is C18H19F3N4O2. The highest BCUT2D eigenvalue weighted by molar-refractivity contribution is 5.92. The molecule has 0 radical (unpaired) electrons. The Morgan fingerprint density at radius 2 is 2.04 bits per heavy atom. The highest BCUT2D eigenvalue weighted by Crippen LogP contribution is 2.35. The van der Waals surface area contributed by atoms with Gasteiger partial charge < -0.3 is 10.2 Å². The number of benzene rings is 1. The third-order valence-electron chi connectivity index (χ3n) is 4.48. The zero-order valence-corrected chi connectivity index (χ0v) is 14.9. The Bertz CT molecular complexity index is 922. The molecule has 2 N–H and O–H groups in total. The number of alkyl halides is 3. The lowest BCUT2D eigenvalue weighted by Gasteiger charge is -2.27. The summed E-state index contributed by atoms with van der Waals surface area (Å²) in [6.45, 7) is 0. The van der Waals surface area contributed by atoms with Crippen molar-refractivity contribution in [2.75, 3.05) is 19.0 Å². The Kier molecular flexibility index (Phi) is 4.95. The molecule has 1 aliphatic rings. The van der Waals surface area contributed by atoms with Crippen molar-refractivity contribution in [2.24, 2.45) is 0 Å². The Morgan fingerprint density at radius 1 is 1.30 bits per heavy atom. The summed E-state index contributed by atoms with van der Waals surface area (Å²) in [6, 6.07) is 4.26. The summed E-state index contributed by atoms with van der Waals surface area (Å²) >= 11 is 0. The Hall–Kier alpha value is -2.84. The molecule has 1 amide bonds. The van der Waals surface area contributed by atoms with Gasteiger partial charge in [-0.3, -0.25) is 14.6 Å². The van der Waals surface area contributed by atoms with Crippen LogP contribution in [0, 0.1) is 0 Å². The smallest absolute Gasteiger partial charge is 0.348 e. The first-order valence-electron chi connectivity index (χ1n) is 8.44. The van der Waals surface area contributed by atoms with Gasteiger partial charge in [-0.05, 0) is 42.5 Å². The van der Waals surface area contributed by atoms with E-state index in [1.807, 2.05) is 0 Å². The van der Waals surface area contributed by atoms with Gasteiger partial charge in [0.1, 0.15) is 5.69 Å². The first kappa shape index (κ1) is 18.9. The number of nitrogens with zero attached hydrogens (tertiary/aromatic N) is 2. The van der Waals surface area contributed by atoms with Crippen molar-refractivity contribution in [2.45, 2.75) is 31.5 Å². The third kappa shape index (κ3) is 4.12. The van der Waals surface area contributed by atoms with Gasteiger partial charge in [0.05, 0.1) is 11.6 Å². The predicted molar refractivity (Wildman–Crippen MR) is 93.8 cm³/mol. The molecule has 0 bridgehead atoms. The fourth-order valence-corrected chi connectivity index (χ4v) is 3.15. The van der Waals surface area contributed by atoms with Crippen LogP contribution in [0.3, 0.4) is 0 Å². The molecule has 1 aromatic carbocycles. The first-order valence-corrected chi connectivity index (χ1v) is 8.44. The Balaban J connectivity index is 1.86. The quantitative estimate of drug-likeness (QED) is 0.858. The van der Waals surface area contributed by atoms with E-state index in [1.165, 1.54) is 6.07 Å². The van der Waals surface area contributed by atoms with Crippen LogP contribution in [0.5, 0.6) is 0 Å². The van der Waals surface area contributed by atoms with Crippen LogP contribution in [0.25, 0.3) is 0 Å². The average molecular weight is 380 g/mol. The fourth-order valence-electron chi connectivity index (χ4n) is 3.15. The molecule has 2 aromatic rings. The number of aromatic amines is 1. The van der Waals surface area contributed by atoms with E-state index in [1.54, 1.807) is 19.0 Å². The van der Waals surface area contributed by atoms with E-state index in [0.29, 0.717) is 30.4 Å². The van der Waals surface area contributed by atoms with Gasteiger partial charge in [-0.2, -0.15) is 13.2 Å². The SMILES string of the molecule is CN(C)c1nc(C(=O)N[C@H]2CCCc3cc(C(F)(F)F)ccc32)cc(=O)[nH]1. The normalized spacial score (nSPS) is 16.6. The molecule has 0 saturated carbocycles. The second-order valence-corrected chi connectivity index (χ2v) is 6.68. The fraction of sp³-hybridized carbons (Fsp3) is 0.389. The van der Waals surface area contributed by atoms with Crippen molar-refractivity contribution in [3.8, 4) is 0 Å². The van der Waals surface area contributed by atoms with E-state index in [-0.39, 0.29) is 11.6 Å². The van der Waals surface area contributed by atoms with Gasteiger partial charge in [0, 0.05) is 20.2 Å². The number of hydrogen-bond donors (Lipinski definition) is 2. The van der Waals surface area contributed by atoms with Crippen molar-refractivity contribution in [3.63, 3.8) is 0 Å². The maximum Gasteiger partial charge on any atom is 0.416 e. The number of carbonyl (C=O) groups is 1. The predicted octanol–water partition coefficient (Wildman–Crippen LogP) is 2.66. The second-order valence-electron chi connectivity index (χ2n) is 6.68. The van der Waals surface area contributed by atoms with E-state index in [0.717, 1.165) is 18.2 Å². The Labute approximate surface area is 153 Å². The van der Waals surface area contributed by atoms with Crippen LogP contribution in [-0.4, -0.2) is 30.0 Å². The molecule has 1 heterocycles. The van der Waals surface area contributed by atoms with Crippen LogP contribution in [0.4, 0.5) is 19.1 Å². The van der Waals surface area contributed by atoms with Crippen molar-refractivity contribution in [3.05, 3.63) is 57.0 Å². The lowest BCUT2D eigenvalue weighted by atomic mass is 9.86. The van der Waals surface area contributed by atoms with Gasteiger partial charge in [-0.25, -0.2) is 4.98 Å². The summed E-state index contributed by atoms with van der Waals surface area (Å²) in [7, 11) is 3.35. The number of amides is 1. The van der Waals surface area contributed by atoms with E-state index in [9.17, 15) is 22.8 Å². The Morgan fingerprint density at radius 3 is 2.70 bits per heavy atom. The second kappa shape index (κ2) is 7.05. The molecule has 0 spiro atoms. The zero-order valence-electron chi connectivity index (χ0n) is 14.9. The summed E-state index contributed by atoms with van der Waals surface area (Å²) < 4.78 is 38.7. The van der Waals surface area contributed by atoms with Crippen LogP contribution < -0.4 is 15.8 Å². The van der Waals surface area contributed by atoms with E-state index in [4.69, 9.17) is 0 Å². The van der Waals surface area contributed by atoms with E-state index < -0.39 is 29.2 Å². The standard InChI is InChI=1S/C18H19F3N4O2/c1-25(2)17-23-14(9-15(26)24-17)16(27)22-13-5-3-4-10-8-11(18(19,20)21)6-7-12(10)13/h6-9,13H,3-5H2,1-2H3,(H,22,27)(H,23,24,26)/t13-/m0/s1. The van der Waals surface area contributed by atoms with Crippen molar-refractivity contribution in [1.29, 1.82) is 0 Å². The molecular weight excluding hydrogens is 361 g/mol. The maximum absolute atomic E-state index is 12.9. The van der Waals surface area contributed by atoms with Crippen LogP contribution in [-0.2, 0) is 12.6 Å². The molecule has 0 fully saturated rings. The number of hydrogen-bond acceptors (Lipinski definition) is 4. The maximum atomic E-state index is 12.9. The largest absolute Gasteiger partial charge is 0.416 e. The van der Waals surface area contributed by atoms with Crippen LogP contribution in [0.1, 0.15) is 46.1 Å². The summed E-state index contributed by atoms with van der Waals surface area (Å²) in [5.41, 5.74) is 0.0498. The van der Waals surface area contributed by atoms with E-state index in [2.05, 4.69) is 15.3 Å². The van der Waals surface area contributed by atoms with Gasteiger partial charge in [0.25, 0.3) is 11.5 Å². The highest BCUT2D eigenvalue weighted by atomic mass is 19.4. The topological polar surface area (TPSA) is 78.1 Å². The van der Waals surface area contributed by atoms with Gasteiger partial charge in [0.2, 0.25) is 5.95 Å². The number of halogens is 3. The minimum Gasteiger partial charge on any atom is -0.348 e. The summed E-state index contributed by atoms with van der Waals surface area (Å²) in [6.07, 6.45) is -2.61. The summed E-state index contributed by atoms with van der Waals surface area (Å²) in [5, 5.41) is 2.79. The lowest BCUT2D eigenvalue weighted by molar-refractivity contribution is -0.137. The summed E-state index contributed by atoms with van der Waals surface area (Å²) in [4.78, 5) is 32.5. The molecule has 1 aliphatic carbocycles. The number of rotatable bonds is 3. The molecule has 9 heteroatoms. The zero-order chi connectivity index (χ0) is 19.8. The van der Waals surface area contributed by atoms with Crippen LogP contribution in [0.15, 0.2) is 29.1 Å². The van der Waals surface area contributed by atoms with Crippen LogP contribution in [0.2, 0.25) is 0 Å². The molecule has 144 valence electrons. The highest BCUT2D eigenvalue weighted by Gasteiger charge is 2.32. The summed E-state index contributed by atoms with van der Waals surface area (Å²) in [5.74, 6) is -0.298. The monoisotopic (exact) mass is 380 g/mol. The molecule has 3 rings (SSSR count).